The molecular formula is C17H21Cl2N3O3. The average Bonchev–Trinajstić information content (AvgIpc) is 3.09. The number of rotatable bonds is 3. The van der Waals surface area contributed by atoms with Gasteiger partial charge in [-0.3, -0.25) is 9.59 Å². The molecule has 2 aliphatic rings. The average molecular weight is 386 g/mol. The normalized spacial score (nSPS) is 23.8. The number of ether oxygens (including phenoxy) is 1. The van der Waals surface area contributed by atoms with Gasteiger partial charge in [0, 0.05) is 48.3 Å². The molecule has 0 aliphatic carbocycles. The molecule has 0 unspecified atom stereocenters. The Morgan fingerprint density at radius 2 is 1.64 bits per heavy atom. The Morgan fingerprint density at radius 3 is 2.20 bits per heavy atom. The van der Waals surface area contributed by atoms with Gasteiger partial charge in [-0.2, -0.15) is 0 Å². The molecule has 2 atom stereocenters. The van der Waals surface area contributed by atoms with Gasteiger partial charge in [-0.1, -0.05) is 23.2 Å². The number of hydrogen-bond acceptors (Lipinski definition) is 4. The van der Waals surface area contributed by atoms with Crippen molar-refractivity contribution in [1.82, 2.24) is 9.80 Å². The van der Waals surface area contributed by atoms with E-state index in [4.69, 9.17) is 33.7 Å². The van der Waals surface area contributed by atoms with Crippen molar-refractivity contribution in [2.45, 2.75) is 25.0 Å². The van der Waals surface area contributed by atoms with Crippen LogP contribution >= 0.6 is 23.2 Å². The molecule has 2 saturated heterocycles. The Balaban J connectivity index is 1.56. The van der Waals surface area contributed by atoms with Crippen LogP contribution in [0.15, 0.2) is 18.2 Å². The van der Waals surface area contributed by atoms with E-state index >= 15 is 0 Å². The van der Waals surface area contributed by atoms with Gasteiger partial charge < -0.3 is 20.3 Å². The lowest BCUT2D eigenvalue weighted by Gasteiger charge is -2.36. The number of piperazine rings is 1. The van der Waals surface area contributed by atoms with Crippen LogP contribution in [0.3, 0.4) is 0 Å². The van der Waals surface area contributed by atoms with Crippen molar-refractivity contribution < 1.29 is 14.3 Å². The molecule has 6 nitrogen and oxygen atoms in total. The van der Waals surface area contributed by atoms with Crippen molar-refractivity contribution in [2.24, 2.45) is 5.73 Å². The molecule has 0 radical (unpaired) electrons. The second-order valence-corrected chi connectivity index (χ2v) is 7.21. The predicted molar refractivity (Wildman–Crippen MR) is 95.9 cm³/mol. The minimum atomic E-state index is -0.400. The lowest BCUT2D eigenvalue weighted by atomic mass is 10.1. The molecule has 2 amide bonds. The van der Waals surface area contributed by atoms with E-state index in [0.29, 0.717) is 54.8 Å². The first-order valence-corrected chi connectivity index (χ1v) is 9.13. The van der Waals surface area contributed by atoms with Crippen molar-refractivity contribution in [1.29, 1.82) is 0 Å². The molecule has 1 aromatic carbocycles. The van der Waals surface area contributed by atoms with E-state index in [1.807, 2.05) is 0 Å². The Morgan fingerprint density at radius 1 is 1.04 bits per heavy atom. The number of amides is 2. The third-order valence-electron chi connectivity index (χ3n) is 4.63. The fourth-order valence-corrected chi connectivity index (χ4v) is 3.78. The third kappa shape index (κ3) is 4.26. The molecule has 0 spiro atoms. The first-order valence-electron chi connectivity index (χ1n) is 8.37. The summed E-state index contributed by atoms with van der Waals surface area (Å²) in [5, 5.41) is 0.856. The molecule has 3 rings (SSSR count). The van der Waals surface area contributed by atoms with Crippen molar-refractivity contribution in [2.75, 3.05) is 32.7 Å². The summed E-state index contributed by atoms with van der Waals surface area (Å²) in [4.78, 5) is 28.6. The Labute approximate surface area is 156 Å². The summed E-state index contributed by atoms with van der Waals surface area (Å²) in [6, 6.07) is 4.80. The fourth-order valence-electron chi connectivity index (χ4n) is 3.25. The molecule has 2 fully saturated rings. The van der Waals surface area contributed by atoms with Gasteiger partial charge in [-0.05, 0) is 31.0 Å². The number of carbonyl (C=O) groups is 2. The highest BCUT2D eigenvalue weighted by atomic mass is 35.5. The van der Waals surface area contributed by atoms with E-state index in [2.05, 4.69) is 0 Å². The van der Waals surface area contributed by atoms with Gasteiger partial charge in [0.15, 0.2) is 0 Å². The molecule has 2 N–H and O–H groups in total. The van der Waals surface area contributed by atoms with Crippen molar-refractivity contribution >= 4 is 35.0 Å². The maximum Gasteiger partial charge on any atom is 0.254 e. The lowest BCUT2D eigenvalue weighted by molar-refractivity contribution is -0.144. The van der Waals surface area contributed by atoms with Crippen LogP contribution in [-0.2, 0) is 9.53 Å². The van der Waals surface area contributed by atoms with Gasteiger partial charge in [0.2, 0.25) is 0 Å². The second-order valence-electron chi connectivity index (χ2n) is 6.34. The van der Waals surface area contributed by atoms with Gasteiger partial charge in [-0.15, -0.1) is 0 Å². The number of nitrogens with two attached hydrogens (primary N) is 1. The van der Waals surface area contributed by atoms with Crippen molar-refractivity contribution in [3.63, 3.8) is 0 Å². The standard InChI is InChI=1S/C17H21Cl2N3O3/c18-12-7-11(8-13(19)9-12)16(23)21-3-5-22(6-4-21)17(24)15-2-1-14(10-20)25-15/h7-9,14-15H,1-6,10,20H2/t14-,15+/m1/s1. The first-order chi connectivity index (χ1) is 12.0. The Kier molecular flexibility index (Phi) is 5.84. The zero-order chi connectivity index (χ0) is 18.0. The number of carbonyl (C=O) groups excluding carboxylic acids is 2. The molecule has 0 aromatic heterocycles. The zero-order valence-electron chi connectivity index (χ0n) is 13.8. The SMILES string of the molecule is NC[C@H]1CC[C@@H](C(=O)N2CCN(C(=O)c3cc(Cl)cc(Cl)c3)CC2)O1. The highest BCUT2D eigenvalue weighted by molar-refractivity contribution is 6.35. The Hall–Kier alpha value is -1.34. The quantitative estimate of drug-likeness (QED) is 0.860. The van der Waals surface area contributed by atoms with Crippen LogP contribution in [0, 0.1) is 0 Å². The minimum absolute atomic E-state index is 0.00570. The number of halogens is 2. The molecular weight excluding hydrogens is 365 g/mol. The molecule has 0 saturated carbocycles. The van der Waals surface area contributed by atoms with Gasteiger partial charge >= 0.3 is 0 Å². The summed E-state index contributed by atoms with van der Waals surface area (Å²) in [6.07, 6.45) is 1.11. The summed E-state index contributed by atoms with van der Waals surface area (Å²) in [5.41, 5.74) is 6.05. The minimum Gasteiger partial charge on any atom is -0.364 e. The van der Waals surface area contributed by atoms with Gasteiger partial charge in [0.1, 0.15) is 6.10 Å². The Bertz CT molecular complexity index is 642. The van der Waals surface area contributed by atoms with Crippen LogP contribution in [0.25, 0.3) is 0 Å². The van der Waals surface area contributed by atoms with E-state index < -0.39 is 6.10 Å². The first kappa shape index (κ1) is 18.5. The van der Waals surface area contributed by atoms with E-state index in [9.17, 15) is 9.59 Å². The predicted octanol–water partition coefficient (Wildman–Crippen LogP) is 1.78. The monoisotopic (exact) mass is 385 g/mol. The zero-order valence-corrected chi connectivity index (χ0v) is 15.3. The summed E-state index contributed by atoms with van der Waals surface area (Å²) < 4.78 is 5.67. The number of nitrogens with zero attached hydrogens (tertiary/aromatic N) is 2. The van der Waals surface area contributed by atoms with Crippen LogP contribution in [0.5, 0.6) is 0 Å². The van der Waals surface area contributed by atoms with Crippen LogP contribution in [0.2, 0.25) is 10.0 Å². The molecule has 0 bridgehead atoms. The molecule has 136 valence electrons. The highest BCUT2D eigenvalue weighted by Gasteiger charge is 2.34. The summed E-state index contributed by atoms with van der Waals surface area (Å²) in [5.74, 6) is -0.134. The fraction of sp³-hybridized carbons (Fsp3) is 0.529. The molecule has 2 heterocycles. The maximum atomic E-state index is 12.6. The topological polar surface area (TPSA) is 75.9 Å². The molecule has 2 aliphatic heterocycles. The molecule has 8 heteroatoms. The number of hydrogen-bond donors (Lipinski definition) is 1. The number of benzene rings is 1. The van der Waals surface area contributed by atoms with Crippen molar-refractivity contribution in [3.05, 3.63) is 33.8 Å². The molecule has 1 aromatic rings. The van der Waals surface area contributed by atoms with Crippen molar-refractivity contribution in [3.8, 4) is 0 Å². The smallest absolute Gasteiger partial charge is 0.254 e. The van der Waals surface area contributed by atoms with E-state index in [0.717, 1.165) is 6.42 Å². The second kappa shape index (κ2) is 7.91. The maximum absolute atomic E-state index is 12.6. The highest BCUT2D eigenvalue weighted by Crippen LogP contribution is 2.23. The van der Waals surface area contributed by atoms with Crippen LogP contribution in [0.4, 0.5) is 0 Å². The van der Waals surface area contributed by atoms with Gasteiger partial charge in [0.05, 0.1) is 6.10 Å². The van der Waals surface area contributed by atoms with E-state index in [1.165, 1.54) is 0 Å². The molecule has 25 heavy (non-hydrogen) atoms. The lowest BCUT2D eigenvalue weighted by Crippen LogP contribution is -2.53. The van der Waals surface area contributed by atoms with E-state index in [-0.39, 0.29) is 17.9 Å². The van der Waals surface area contributed by atoms with Gasteiger partial charge in [0.25, 0.3) is 11.8 Å². The van der Waals surface area contributed by atoms with E-state index in [1.54, 1.807) is 28.0 Å². The van der Waals surface area contributed by atoms with Gasteiger partial charge in [-0.25, -0.2) is 0 Å². The summed E-state index contributed by atoms with van der Waals surface area (Å²) in [7, 11) is 0. The van der Waals surface area contributed by atoms with Crippen LogP contribution in [0.1, 0.15) is 23.2 Å². The summed E-state index contributed by atoms with van der Waals surface area (Å²) >= 11 is 11.9. The van der Waals surface area contributed by atoms with Crippen LogP contribution in [-0.4, -0.2) is 66.5 Å². The summed E-state index contributed by atoms with van der Waals surface area (Å²) in [6.45, 7) is 2.37. The largest absolute Gasteiger partial charge is 0.364 e. The van der Waals surface area contributed by atoms with Crippen LogP contribution < -0.4 is 5.73 Å². The third-order valence-corrected chi connectivity index (χ3v) is 5.07.